The lowest BCUT2D eigenvalue weighted by atomic mass is 10.00. The van der Waals surface area contributed by atoms with Crippen LogP contribution in [0.1, 0.15) is 16.7 Å². The van der Waals surface area contributed by atoms with Gasteiger partial charge in [-0.2, -0.15) is 0 Å². The zero-order valence-electron chi connectivity index (χ0n) is 9.44. The zero-order chi connectivity index (χ0) is 12.8. The highest BCUT2D eigenvalue weighted by molar-refractivity contribution is 9.09. The molecular formula is C13H13BrO3. The molecule has 0 atom stereocenters. The third-order valence-electron chi connectivity index (χ3n) is 2.24. The average Bonchev–Trinajstić information content (AvgIpc) is 2.27. The highest BCUT2D eigenvalue weighted by Crippen LogP contribution is 2.15. The number of aryl methyl sites for hydroxylation is 1. The van der Waals surface area contributed by atoms with Crippen molar-refractivity contribution in [3.63, 3.8) is 0 Å². The first-order valence-electron chi connectivity index (χ1n) is 5.11. The molecule has 1 N–H and O–H groups in total. The molecule has 0 bridgehead atoms. The summed E-state index contributed by atoms with van der Waals surface area (Å²) in [6.07, 6.45) is 2.90. The fourth-order valence-corrected chi connectivity index (χ4v) is 1.67. The molecule has 0 unspecified atom stereocenters. The number of carboxylic acids is 1. The number of halogens is 1. The number of hydrogen-bond donors (Lipinski definition) is 1. The van der Waals surface area contributed by atoms with Gasteiger partial charge in [0.05, 0.1) is 5.33 Å². The zero-order valence-corrected chi connectivity index (χ0v) is 11.0. The third-order valence-corrected chi connectivity index (χ3v) is 2.87. The molecule has 1 aromatic carbocycles. The quantitative estimate of drug-likeness (QED) is 0.671. The number of hydrogen-bond acceptors (Lipinski definition) is 2. The van der Waals surface area contributed by atoms with E-state index >= 15 is 0 Å². The lowest BCUT2D eigenvalue weighted by molar-refractivity contribution is -0.131. The Morgan fingerprint density at radius 2 is 2.12 bits per heavy atom. The molecule has 0 saturated heterocycles. The normalized spacial score (nSPS) is 10.7. The Kier molecular flexibility index (Phi) is 5.10. The van der Waals surface area contributed by atoms with Gasteiger partial charge in [-0.1, -0.05) is 39.7 Å². The van der Waals surface area contributed by atoms with Crippen LogP contribution in [0.15, 0.2) is 24.3 Å². The Morgan fingerprint density at radius 1 is 1.41 bits per heavy atom. The Labute approximate surface area is 108 Å². The summed E-state index contributed by atoms with van der Waals surface area (Å²) in [5, 5.41) is 8.90. The van der Waals surface area contributed by atoms with Crippen LogP contribution >= 0.6 is 15.9 Å². The van der Waals surface area contributed by atoms with Crippen LogP contribution in [0.5, 0.6) is 0 Å². The van der Waals surface area contributed by atoms with E-state index in [0.29, 0.717) is 11.8 Å². The van der Waals surface area contributed by atoms with Gasteiger partial charge < -0.3 is 5.11 Å². The molecule has 3 nitrogen and oxygen atoms in total. The second-order valence-electron chi connectivity index (χ2n) is 3.72. The number of carbonyl (C=O) groups excluding carboxylic acids is 1. The molecular weight excluding hydrogens is 284 g/mol. The first-order valence-corrected chi connectivity index (χ1v) is 6.23. The lowest BCUT2D eigenvalue weighted by Gasteiger charge is -2.06. The fourth-order valence-electron chi connectivity index (χ4n) is 1.47. The maximum atomic E-state index is 11.4. The maximum Gasteiger partial charge on any atom is 0.328 e. The second kappa shape index (κ2) is 6.35. The van der Waals surface area contributed by atoms with Crippen molar-refractivity contribution >= 4 is 33.8 Å². The Hall–Kier alpha value is -1.42. The molecule has 0 aliphatic heterocycles. The summed E-state index contributed by atoms with van der Waals surface area (Å²) in [5.74, 6) is -0.927. The predicted molar refractivity (Wildman–Crippen MR) is 70.4 cm³/mol. The van der Waals surface area contributed by atoms with E-state index in [1.165, 1.54) is 6.08 Å². The van der Waals surface area contributed by atoms with Gasteiger partial charge in [0.2, 0.25) is 0 Å². The molecule has 1 rings (SSSR count). The number of benzene rings is 1. The molecule has 0 aliphatic rings. The standard InChI is InChI=1S/C13H13BrO3/c1-9-2-3-10(4-5-13(16)17)11(6-9)7-12(15)8-14/h2-6H,7-8H2,1H3,(H,16,17)/b5-4+. The summed E-state index contributed by atoms with van der Waals surface area (Å²) in [4.78, 5) is 21.9. The van der Waals surface area contributed by atoms with E-state index in [2.05, 4.69) is 15.9 Å². The molecule has 0 aliphatic carbocycles. The fraction of sp³-hybridized carbons (Fsp3) is 0.231. The predicted octanol–water partition coefficient (Wildman–Crippen LogP) is 2.60. The minimum Gasteiger partial charge on any atom is -0.478 e. The first-order chi connectivity index (χ1) is 8.02. The van der Waals surface area contributed by atoms with Gasteiger partial charge >= 0.3 is 5.97 Å². The van der Waals surface area contributed by atoms with Gasteiger partial charge in [0.1, 0.15) is 5.78 Å². The van der Waals surface area contributed by atoms with Crippen LogP contribution in [0.4, 0.5) is 0 Å². The van der Waals surface area contributed by atoms with E-state index in [1.54, 1.807) is 0 Å². The van der Waals surface area contributed by atoms with Gasteiger partial charge in [0.25, 0.3) is 0 Å². The van der Waals surface area contributed by atoms with Crippen LogP contribution in [0.3, 0.4) is 0 Å². The minimum atomic E-state index is -0.997. The van der Waals surface area contributed by atoms with Gasteiger partial charge in [-0.25, -0.2) is 4.79 Å². The maximum absolute atomic E-state index is 11.4. The van der Waals surface area contributed by atoms with Crippen molar-refractivity contribution in [1.29, 1.82) is 0 Å². The number of aliphatic carboxylic acids is 1. The smallest absolute Gasteiger partial charge is 0.328 e. The van der Waals surface area contributed by atoms with Crippen molar-refractivity contribution < 1.29 is 14.7 Å². The van der Waals surface area contributed by atoms with Crippen molar-refractivity contribution in [2.24, 2.45) is 0 Å². The Morgan fingerprint density at radius 3 is 2.71 bits per heavy atom. The summed E-state index contributed by atoms with van der Waals surface area (Å²) in [7, 11) is 0. The molecule has 90 valence electrons. The SMILES string of the molecule is Cc1ccc(/C=C/C(=O)O)c(CC(=O)CBr)c1. The number of alkyl halides is 1. The number of rotatable bonds is 5. The van der Waals surface area contributed by atoms with Crippen LogP contribution in [-0.4, -0.2) is 22.2 Å². The van der Waals surface area contributed by atoms with Crippen molar-refractivity contribution in [2.75, 3.05) is 5.33 Å². The molecule has 1 aromatic rings. The van der Waals surface area contributed by atoms with Crippen LogP contribution in [0, 0.1) is 6.92 Å². The molecule has 0 amide bonds. The van der Waals surface area contributed by atoms with Gasteiger partial charge in [0.15, 0.2) is 0 Å². The molecule has 0 fully saturated rings. The molecule has 0 radical (unpaired) electrons. The molecule has 0 saturated carbocycles. The van der Waals surface area contributed by atoms with Gasteiger partial charge in [-0.15, -0.1) is 0 Å². The summed E-state index contributed by atoms with van der Waals surface area (Å²) < 4.78 is 0. The van der Waals surface area contributed by atoms with E-state index in [0.717, 1.165) is 22.8 Å². The molecule has 0 heterocycles. The summed E-state index contributed by atoms with van der Waals surface area (Å²) in [6.45, 7) is 1.94. The Bertz CT molecular complexity index is 464. The topological polar surface area (TPSA) is 54.4 Å². The van der Waals surface area contributed by atoms with Crippen LogP contribution in [0.25, 0.3) is 6.08 Å². The molecule has 17 heavy (non-hydrogen) atoms. The van der Waals surface area contributed by atoms with Crippen molar-refractivity contribution in [3.05, 3.63) is 41.0 Å². The third kappa shape index (κ3) is 4.53. The second-order valence-corrected chi connectivity index (χ2v) is 4.28. The van der Waals surface area contributed by atoms with E-state index in [-0.39, 0.29) is 5.78 Å². The van der Waals surface area contributed by atoms with E-state index < -0.39 is 5.97 Å². The lowest BCUT2D eigenvalue weighted by Crippen LogP contribution is -2.05. The molecule has 0 aromatic heterocycles. The Balaban J connectivity index is 3.03. The highest BCUT2D eigenvalue weighted by atomic mass is 79.9. The minimum absolute atomic E-state index is 0.0700. The van der Waals surface area contributed by atoms with Crippen LogP contribution < -0.4 is 0 Å². The van der Waals surface area contributed by atoms with Crippen LogP contribution in [0.2, 0.25) is 0 Å². The van der Waals surface area contributed by atoms with Crippen molar-refractivity contribution in [1.82, 2.24) is 0 Å². The van der Waals surface area contributed by atoms with E-state index in [9.17, 15) is 9.59 Å². The van der Waals surface area contributed by atoms with Crippen molar-refractivity contribution in [2.45, 2.75) is 13.3 Å². The van der Waals surface area contributed by atoms with Gasteiger partial charge in [-0.05, 0) is 24.1 Å². The monoisotopic (exact) mass is 296 g/mol. The number of carboxylic acid groups (broad SMARTS) is 1. The van der Waals surface area contributed by atoms with Crippen molar-refractivity contribution in [3.8, 4) is 0 Å². The summed E-state index contributed by atoms with van der Waals surface area (Å²) in [5.41, 5.74) is 2.68. The number of ketones is 1. The van der Waals surface area contributed by atoms with E-state index in [1.807, 2.05) is 25.1 Å². The molecule has 0 spiro atoms. The summed E-state index contributed by atoms with van der Waals surface area (Å²) in [6, 6.07) is 5.62. The average molecular weight is 297 g/mol. The van der Waals surface area contributed by atoms with Gasteiger partial charge in [0, 0.05) is 12.5 Å². The number of carbonyl (C=O) groups is 2. The van der Waals surface area contributed by atoms with Gasteiger partial charge in [-0.3, -0.25) is 4.79 Å². The summed E-state index contributed by atoms with van der Waals surface area (Å²) >= 11 is 3.12. The molecule has 4 heteroatoms. The van der Waals surface area contributed by atoms with E-state index in [4.69, 9.17) is 5.11 Å². The largest absolute Gasteiger partial charge is 0.478 e. The van der Waals surface area contributed by atoms with Crippen LogP contribution in [-0.2, 0) is 16.0 Å². The first kappa shape index (κ1) is 13.6. The number of Topliss-reactive ketones (excluding diaryl/α,β-unsaturated/α-hetero) is 1. The highest BCUT2D eigenvalue weighted by Gasteiger charge is 2.06.